The van der Waals surface area contributed by atoms with Crippen LogP contribution in [0, 0.1) is 5.92 Å². The van der Waals surface area contributed by atoms with Crippen molar-refractivity contribution < 1.29 is 22.6 Å². The summed E-state index contributed by atoms with van der Waals surface area (Å²) in [6.07, 6.45) is -1.70. The summed E-state index contributed by atoms with van der Waals surface area (Å²) in [5.74, 6) is -0.818. The summed E-state index contributed by atoms with van der Waals surface area (Å²) >= 11 is 0. The van der Waals surface area contributed by atoms with Crippen molar-refractivity contribution in [3.8, 4) is 0 Å². The molecule has 0 spiro atoms. The number of halogens is 3. The molecule has 0 bridgehead atoms. The molecule has 5 heteroatoms. The van der Waals surface area contributed by atoms with Crippen molar-refractivity contribution in [1.82, 2.24) is 0 Å². The lowest BCUT2D eigenvalue weighted by Gasteiger charge is -2.31. The highest BCUT2D eigenvalue weighted by Crippen LogP contribution is 2.31. The van der Waals surface area contributed by atoms with Crippen LogP contribution in [0.4, 0.5) is 13.2 Å². The molecule has 0 heterocycles. The van der Waals surface area contributed by atoms with Crippen molar-refractivity contribution in [2.24, 2.45) is 5.92 Å². The molecule has 1 rings (SSSR count). The second-order valence-electron chi connectivity index (χ2n) is 4.58. The number of unbranched alkanes of at least 4 members (excludes halogenated alkanes) is 1. The lowest BCUT2D eigenvalue weighted by molar-refractivity contribution is -0.0236. The minimum absolute atomic E-state index is 0.0252. The molecule has 0 aromatic heterocycles. The first-order valence-electron chi connectivity index (χ1n) is 6.37. The van der Waals surface area contributed by atoms with Gasteiger partial charge in [-0.1, -0.05) is 6.58 Å². The van der Waals surface area contributed by atoms with E-state index in [1.807, 2.05) is 0 Å². The lowest BCUT2D eigenvalue weighted by Crippen LogP contribution is -2.39. The van der Waals surface area contributed by atoms with E-state index in [-0.39, 0.29) is 19.4 Å². The Balaban J connectivity index is 2.09. The zero-order valence-electron chi connectivity index (χ0n) is 10.5. The molecule has 2 atom stereocenters. The second-order valence-corrected chi connectivity index (χ2v) is 4.58. The number of alkyl halides is 3. The predicted octanol–water partition coefficient (Wildman–Crippen LogP) is 3.37. The molecule has 1 fully saturated rings. The largest absolute Gasteiger partial charge is 0.502 e. The van der Waals surface area contributed by atoms with Gasteiger partial charge in [0.25, 0.3) is 0 Å². The highest BCUT2D eigenvalue weighted by atomic mass is 19.2. The Morgan fingerprint density at radius 2 is 1.67 bits per heavy atom. The van der Waals surface area contributed by atoms with Gasteiger partial charge in [0.05, 0.1) is 19.5 Å². The minimum Gasteiger partial charge on any atom is -0.502 e. The van der Waals surface area contributed by atoms with E-state index in [2.05, 4.69) is 6.58 Å². The van der Waals surface area contributed by atoms with Crippen molar-refractivity contribution in [3.63, 3.8) is 0 Å². The zero-order valence-corrected chi connectivity index (χ0v) is 10.5. The van der Waals surface area contributed by atoms with Crippen LogP contribution in [0.3, 0.4) is 0 Å². The van der Waals surface area contributed by atoms with E-state index in [1.165, 1.54) is 6.26 Å². The van der Waals surface area contributed by atoms with Gasteiger partial charge in [0.15, 0.2) is 0 Å². The van der Waals surface area contributed by atoms with Crippen molar-refractivity contribution in [3.05, 3.63) is 12.8 Å². The van der Waals surface area contributed by atoms with E-state index >= 15 is 0 Å². The Labute approximate surface area is 106 Å². The predicted molar refractivity (Wildman–Crippen MR) is 63.6 cm³/mol. The maximum atomic E-state index is 13.4. The molecule has 1 saturated carbocycles. The fourth-order valence-electron chi connectivity index (χ4n) is 2.06. The molecule has 18 heavy (non-hydrogen) atoms. The summed E-state index contributed by atoms with van der Waals surface area (Å²) in [6, 6.07) is 0. The number of ether oxygens (including phenoxy) is 2. The van der Waals surface area contributed by atoms with Crippen LogP contribution in [0.15, 0.2) is 12.8 Å². The highest BCUT2D eigenvalue weighted by molar-refractivity contribution is 4.86. The van der Waals surface area contributed by atoms with Crippen LogP contribution in [0.1, 0.15) is 25.7 Å². The monoisotopic (exact) mass is 266 g/mol. The van der Waals surface area contributed by atoms with E-state index in [0.717, 1.165) is 12.8 Å². The van der Waals surface area contributed by atoms with E-state index < -0.39 is 24.4 Å². The first kappa shape index (κ1) is 15.3. The van der Waals surface area contributed by atoms with E-state index in [0.29, 0.717) is 13.2 Å². The van der Waals surface area contributed by atoms with Crippen molar-refractivity contribution >= 4 is 0 Å². The van der Waals surface area contributed by atoms with E-state index in [1.54, 1.807) is 0 Å². The first-order valence-corrected chi connectivity index (χ1v) is 6.37. The molecule has 1 aliphatic rings. The van der Waals surface area contributed by atoms with Gasteiger partial charge in [-0.05, 0) is 12.8 Å². The van der Waals surface area contributed by atoms with Gasteiger partial charge in [-0.25, -0.2) is 13.2 Å². The summed E-state index contributed by atoms with van der Waals surface area (Å²) in [6.45, 7) is 4.44. The Bertz CT molecular complexity index is 226. The third kappa shape index (κ3) is 5.29. The Morgan fingerprint density at radius 1 is 1.06 bits per heavy atom. The van der Waals surface area contributed by atoms with Crippen LogP contribution in [-0.4, -0.2) is 38.3 Å². The van der Waals surface area contributed by atoms with Crippen LogP contribution < -0.4 is 0 Å². The molecule has 0 radical (unpaired) electrons. The number of hydrogen-bond acceptors (Lipinski definition) is 2. The fourth-order valence-corrected chi connectivity index (χ4v) is 2.06. The maximum Gasteiger partial charge on any atom is 0.111 e. The van der Waals surface area contributed by atoms with Crippen molar-refractivity contribution in [2.45, 2.75) is 44.2 Å². The average molecular weight is 266 g/mol. The summed E-state index contributed by atoms with van der Waals surface area (Å²) in [7, 11) is 0. The van der Waals surface area contributed by atoms with Crippen LogP contribution in [0.5, 0.6) is 0 Å². The topological polar surface area (TPSA) is 18.5 Å². The molecule has 0 N–H and O–H groups in total. The van der Waals surface area contributed by atoms with Crippen LogP contribution in [0.2, 0.25) is 0 Å². The lowest BCUT2D eigenvalue weighted by atomic mass is 9.85. The summed E-state index contributed by atoms with van der Waals surface area (Å²) in [4.78, 5) is 0. The van der Waals surface area contributed by atoms with Gasteiger partial charge in [0, 0.05) is 25.4 Å². The Hall–Kier alpha value is -0.710. The third-order valence-corrected chi connectivity index (χ3v) is 3.12. The number of hydrogen-bond donors (Lipinski definition) is 0. The van der Waals surface area contributed by atoms with Crippen LogP contribution >= 0.6 is 0 Å². The first-order chi connectivity index (χ1) is 8.65. The highest BCUT2D eigenvalue weighted by Gasteiger charge is 2.38. The molecule has 0 amide bonds. The average Bonchev–Trinajstić information content (AvgIpc) is 2.30. The van der Waals surface area contributed by atoms with E-state index in [4.69, 9.17) is 9.47 Å². The van der Waals surface area contributed by atoms with E-state index in [9.17, 15) is 13.2 Å². The quantitative estimate of drug-likeness (QED) is 0.495. The van der Waals surface area contributed by atoms with Crippen molar-refractivity contribution in [2.75, 3.05) is 19.8 Å². The maximum absolute atomic E-state index is 13.4. The standard InChI is InChI=1S/C13H21F3O2/c1-2-17-5-3-4-6-18-9-11-12(15)7-10(14)8-13(11)16/h2,10-13H,1,3-9H2. The molecular weight excluding hydrogens is 245 g/mol. The van der Waals surface area contributed by atoms with Gasteiger partial charge in [-0.2, -0.15) is 0 Å². The normalized spacial score (nSPS) is 32.2. The molecule has 2 nitrogen and oxygen atoms in total. The van der Waals surface area contributed by atoms with Gasteiger partial charge >= 0.3 is 0 Å². The summed E-state index contributed by atoms with van der Waals surface area (Å²) in [5.41, 5.74) is 0. The van der Waals surface area contributed by atoms with Gasteiger partial charge in [-0.3, -0.25) is 0 Å². The molecule has 106 valence electrons. The van der Waals surface area contributed by atoms with Gasteiger partial charge in [-0.15, -0.1) is 0 Å². The molecule has 0 aromatic carbocycles. The molecule has 0 aliphatic heterocycles. The molecule has 2 unspecified atom stereocenters. The Kier molecular flexibility index (Phi) is 7.16. The van der Waals surface area contributed by atoms with Crippen LogP contribution in [-0.2, 0) is 9.47 Å². The second kappa shape index (κ2) is 8.40. The molecule has 0 saturated heterocycles. The van der Waals surface area contributed by atoms with Gasteiger partial charge in [0.2, 0.25) is 0 Å². The molecule has 0 aromatic rings. The smallest absolute Gasteiger partial charge is 0.111 e. The van der Waals surface area contributed by atoms with Crippen molar-refractivity contribution in [1.29, 1.82) is 0 Å². The molecule has 1 aliphatic carbocycles. The zero-order chi connectivity index (χ0) is 13.4. The summed E-state index contributed by atoms with van der Waals surface area (Å²) in [5, 5.41) is 0. The molecular formula is C13H21F3O2. The van der Waals surface area contributed by atoms with Gasteiger partial charge in [0.1, 0.15) is 18.5 Å². The third-order valence-electron chi connectivity index (χ3n) is 3.12. The number of rotatable bonds is 8. The SMILES string of the molecule is C=COCCCCOCC1C(F)CC(F)CC1F. The van der Waals surface area contributed by atoms with Crippen LogP contribution in [0.25, 0.3) is 0 Å². The summed E-state index contributed by atoms with van der Waals surface area (Å²) < 4.78 is 49.9. The minimum atomic E-state index is -1.44. The Morgan fingerprint density at radius 3 is 2.28 bits per heavy atom. The fraction of sp³-hybridized carbons (Fsp3) is 0.846. The van der Waals surface area contributed by atoms with Gasteiger partial charge < -0.3 is 9.47 Å².